The molecule has 3 atom stereocenters. The average molecular weight is 525 g/mol. The van der Waals surface area contributed by atoms with Crippen LogP contribution in [0.15, 0.2) is 54.6 Å². The fourth-order valence-corrected chi connectivity index (χ4v) is 4.10. The predicted octanol–water partition coefficient (Wildman–Crippen LogP) is 3.16. The number of nitrogens with zero attached hydrogens (tertiary/aromatic N) is 1. The lowest BCUT2D eigenvalue weighted by Gasteiger charge is -2.39. The predicted molar refractivity (Wildman–Crippen MR) is 124 cm³/mol. The number of hydrogen-bond donors (Lipinski definition) is 2. The Balaban J connectivity index is 2.73. The van der Waals surface area contributed by atoms with Crippen molar-refractivity contribution in [2.24, 2.45) is 0 Å². The molecule has 0 radical (unpaired) electrons. The van der Waals surface area contributed by atoms with Crippen LogP contribution in [0, 0.1) is 0 Å². The van der Waals surface area contributed by atoms with Gasteiger partial charge in [-0.15, -0.1) is 0 Å². The molecular weight excluding hydrogens is 499 g/mol. The Morgan fingerprint density at radius 2 is 1.62 bits per heavy atom. The van der Waals surface area contributed by atoms with Gasteiger partial charge in [0.1, 0.15) is 6.04 Å². The molecule has 2 rings (SSSR count). The Morgan fingerprint density at radius 1 is 1.03 bits per heavy atom. The van der Waals surface area contributed by atoms with E-state index in [1.807, 2.05) is 0 Å². The maximum absolute atomic E-state index is 13.8. The number of alkyl halides is 3. The third-order valence-electron chi connectivity index (χ3n) is 5.88. The smallest absolute Gasteiger partial charge is 0.471 e. The van der Waals surface area contributed by atoms with E-state index >= 15 is 0 Å². The second-order valence-corrected chi connectivity index (χ2v) is 8.31. The van der Waals surface area contributed by atoms with Crippen molar-refractivity contribution >= 4 is 34.6 Å². The Morgan fingerprint density at radius 3 is 2.16 bits per heavy atom. The molecule has 1 amide bonds. The van der Waals surface area contributed by atoms with E-state index in [4.69, 9.17) is 5.11 Å². The van der Waals surface area contributed by atoms with Crippen LogP contribution in [0.5, 0.6) is 0 Å². The number of halogens is 3. The van der Waals surface area contributed by atoms with Crippen LogP contribution in [0.1, 0.15) is 31.4 Å². The number of benzene rings is 2. The first-order valence-electron chi connectivity index (χ1n) is 10.8. The molecule has 2 aromatic rings. The van der Waals surface area contributed by atoms with Crippen LogP contribution >= 0.6 is 0 Å². The van der Waals surface area contributed by atoms with E-state index in [0.717, 1.165) is 14.2 Å². The van der Waals surface area contributed by atoms with Crippen molar-refractivity contribution in [3.05, 3.63) is 60.2 Å². The fourth-order valence-electron chi connectivity index (χ4n) is 4.10. The summed E-state index contributed by atoms with van der Waals surface area (Å²) in [5, 5.41) is 21.3. The number of rotatable bonds is 10. The lowest BCUT2D eigenvalue weighted by atomic mass is 9.86. The number of carboxylic acid groups (broad SMARTS) is 1. The Kier molecular flexibility index (Phi) is 9.04. The second-order valence-electron chi connectivity index (χ2n) is 8.31. The normalized spacial score (nSPS) is 14.7. The Bertz CT molecular complexity index is 1210. The van der Waals surface area contributed by atoms with Gasteiger partial charge in [0.2, 0.25) is 0 Å². The quantitative estimate of drug-likeness (QED) is 0.357. The van der Waals surface area contributed by atoms with Gasteiger partial charge in [-0.1, -0.05) is 49.0 Å². The van der Waals surface area contributed by atoms with Gasteiger partial charge in [0, 0.05) is 18.4 Å². The Hall–Kier alpha value is -3.93. The van der Waals surface area contributed by atoms with Crippen LogP contribution < -0.4 is 0 Å². The summed E-state index contributed by atoms with van der Waals surface area (Å²) in [6, 6.07) is 7.78. The molecule has 0 aliphatic heterocycles. The monoisotopic (exact) mass is 525 g/mol. The van der Waals surface area contributed by atoms with Gasteiger partial charge in [-0.25, -0.2) is 14.4 Å². The van der Waals surface area contributed by atoms with Gasteiger partial charge >= 0.3 is 30.0 Å². The molecule has 0 aliphatic carbocycles. The molecule has 0 spiro atoms. The summed E-state index contributed by atoms with van der Waals surface area (Å²) in [7, 11) is 1.70. The fraction of sp³-hybridized carbons (Fsp3) is 0.360. The van der Waals surface area contributed by atoms with E-state index < -0.39 is 66.1 Å². The maximum Gasteiger partial charge on any atom is 0.471 e. The van der Waals surface area contributed by atoms with Crippen molar-refractivity contribution in [1.82, 2.24) is 4.90 Å². The average Bonchev–Trinajstić information content (AvgIpc) is 2.85. The van der Waals surface area contributed by atoms with Gasteiger partial charge in [0.15, 0.2) is 5.60 Å². The van der Waals surface area contributed by atoms with Crippen LogP contribution in [-0.2, 0) is 28.7 Å². The summed E-state index contributed by atoms with van der Waals surface area (Å²) < 4.78 is 50.6. The highest BCUT2D eigenvalue weighted by molar-refractivity contribution is 5.92. The van der Waals surface area contributed by atoms with Crippen molar-refractivity contribution in [3.8, 4) is 0 Å². The zero-order chi connectivity index (χ0) is 28.1. The highest BCUT2D eigenvalue weighted by atomic mass is 19.4. The van der Waals surface area contributed by atoms with Crippen molar-refractivity contribution in [2.75, 3.05) is 14.2 Å². The lowest BCUT2D eigenvalue weighted by molar-refractivity contribution is -0.195. The standard InChI is InChI=1S/C25H26F3NO8/c1-14(20(30)31)12-24(35,23(34)37-4)13-19(21(32)36-3)29(22(33)25(26,27)28)15(2)17-11-7-9-16-8-5-6-10-18(16)17/h5-11,15,19,35H,1,12-13H2,2-4H3,(H,30,31)/t15-,19+,24+/m1/s1. The van der Waals surface area contributed by atoms with Crippen LogP contribution in [0.3, 0.4) is 0 Å². The van der Waals surface area contributed by atoms with E-state index in [0.29, 0.717) is 10.8 Å². The molecule has 200 valence electrons. The van der Waals surface area contributed by atoms with E-state index in [1.165, 1.54) is 13.0 Å². The lowest BCUT2D eigenvalue weighted by Crippen LogP contribution is -2.56. The van der Waals surface area contributed by atoms with Crippen molar-refractivity contribution in [1.29, 1.82) is 0 Å². The first-order chi connectivity index (χ1) is 17.2. The van der Waals surface area contributed by atoms with Crippen molar-refractivity contribution < 1.29 is 52.0 Å². The summed E-state index contributed by atoms with van der Waals surface area (Å²) in [4.78, 5) is 49.4. The summed E-state index contributed by atoms with van der Waals surface area (Å²) in [5.41, 5.74) is -3.29. The second kappa shape index (κ2) is 11.4. The summed E-state index contributed by atoms with van der Waals surface area (Å²) in [6.07, 6.45) is -7.63. The molecule has 0 bridgehead atoms. The van der Waals surface area contributed by atoms with E-state index in [9.17, 15) is 37.5 Å². The highest BCUT2D eigenvalue weighted by Crippen LogP contribution is 2.36. The van der Waals surface area contributed by atoms with E-state index in [-0.39, 0.29) is 10.5 Å². The molecular formula is C25H26F3NO8. The SMILES string of the molecule is C=C(C[C@](O)(C[C@@H](C(=O)OC)N(C(=O)C(F)(F)F)[C@H](C)c1cccc2ccccc12)C(=O)OC)C(=O)O. The number of amides is 1. The molecule has 37 heavy (non-hydrogen) atoms. The number of methoxy groups -OCH3 is 2. The van der Waals surface area contributed by atoms with Crippen LogP contribution in [-0.4, -0.2) is 71.0 Å². The zero-order valence-corrected chi connectivity index (χ0v) is 20.2. The summed E-state index contributed by atoms with van der Waals surface area (Å²) in [6.45, 7) is 4.47. The third kappa shape index (κ3) is 6.45. The van der Waals surface area contributed by atoms with Crippen molar-refractivity contribution in [2.45, 2.75) is 43.6 Å². The van der Waals surface area contributed by atoms with Crippen LogP contribution in [0.2, 0.25) is 0 Å². The first kappa shape index (κ1) is 29.3. The van der Waals surface area contributed by atoms with Crippen LogP contribution in [0.25, 0.3) is 10.8 Å². The first-order valence-corrected chi connectivity index (χ1v) is 10.8. The molecule has 0 aliphatic rings. The van der Waals surface area contributed by atoms with Gasteiger partial charge < -0.3 is 24.6 Å². The molecule has 9 nitrogen and oxygen atoms in total. The zero-order valence-electron chi connectivity index (χ0n) is 20.2. The molecule has 0 fully saturated rings. The number of aliphatic carboxylic acids is 1. The van der Waals surface area contributed by atoms with E-state index in [2.05, 4.69) is 16.1 Å². The highest BCUT2D eigenvalue weighted by Gasteiger charge is 2.52. The number of hydrogen-bond acceptors (Lipinski definition) is 7. The number of aliphatic hydroxyl groups is 1. The van der Waals surface area contributed by atoms with Gasteiger partial charge in [0.05, 0.1) is 20.3 Å². The molecule has 2 N–H and O–H groups in total. The number of fused-ring (bicyclic) bond motifs is 1. The maximum atomic E-state index is 13.8. The topological polar surface area (TPSA) is 130 Å². The number of esters is 2. The number of carboxylic acids is 1. The minimum Gasteiger partial charge on any atom is -0.478 e. The molecule has 0 aromatic heterocycles. The van der Waals surface area contributed by atoms with Gasteiger partial charge in [-0.3, -0.25) is 4.79 Å². The third-order valence-corrected chi connectivity index (χ3v) is 5.88. The number of carbonyl (C=O) groups excluding carboxylic acids is 3. The van der Waals surface area contributed by atoms with Crippen LogP contribution in [0.4, 0.5) is 13.2 Å². The largest absolute Gasteiger partial charge is 0.478 e. The van der Waals surface area contributed by atoms with E-state index in [1.54, 1.807) is 36.4 Å². The van der Waals surface area contributed by atoms with Gasteiger partial charge in [0.25, 0.3) is 0 Å². The number of carbonyl (C=O) groups is 4. The molecule has 0 unspecified atom stereocenters. The molecule has 0 saturated heterocycles. The molecule has 2 aromatic carbocycles. The van der Waals surface area contributed by atoms with Gasteiger partial charge in [-0.2, -0.15) is 13.2 Å². The molecule has 12 heteroatoms. The number of ether oxygens (including phenoxy) is 2. The Labute approximate surface area is 210 Å². The molecule has 0 heterocycles. The van der Waals surface area contributed by atoms with Gasteiger partial charge in [-0.05, 0) is 23.3 Å². The van der Waals surface area contributed by atoms with Crippen molar-refractivity contribution in [3.63, 3.8) is 0 Å². The molecule has 0 saturated carbocycles. The minimum atomic E-state index is -5.46. The summed E-state index contributed by atoms with van der Waals surface area (Å²) >= 11 is 0. The minimum absolute atomic E-state index is 0.172. The summed E-state index contributed by atoms with van der Waals surface area (Å²) in [5.74, 6) is -6.87.